The van der Waals surface area contributed by atoms with Crippen molar-refractivity contribution in [3.05, 3.63) is 64.2 Å². The first-order chi connectivity index (χ1) is 16.9. The van der Waals surface area contributed by atoms with Gasteiger partial charge in [-0.15, -0.1) is 11.3 Å². The largest absolute Gasteiger partial charge is 0.493 e. The SMILES string of the molecule is COc1ccc2c(c1OC)C(=O)N1c3ccccc3C(=O)N(CCCC(=O)Nc3nc(C)cs3)C21. The van der Waals surface area contributed by atoms with Crippen LogP contribution in [0.3, 0.4) is 0 Å². The highest BCUT2D eigenvalue weighted by Gasteiger charge is 2.49. The average molecular weight is 493 g/mol. The minimum absolute atomic E-state index is 0.171. The second kappa shape index (κ2) is 9.03. The van der Waals surface area contributed by atoms with Crippen molar-refractivity contribution in [1.82, 2.24) is 9.88 Å². The van der Waals surface area contributed by atoms with Crippen LogP contribution in [0.4, 0.5) is 10.8 Å². The fraction of sp³-hybridized carbons (Fsp3) is 0.280. The van der Waals surface area contributed by atoms with Crippen LogP contribution in [0.2, 0.25) is 0 Å². The number of ether oxygens (including phenoxy) is 2. The number of benzene rings is 2. The zero-order valence-electron chi connectivity index (χ0n) is 19.5. The monoisotopic (exact) mass is 492 g/mol. The zero-order chi connectivity index (χ0) is 24.7. The zero-order valence-corrected chi connectivity index (χ0v) is 20.3. The van der Waals surface area contributed by atoms with Crippen LogP contribution in [-0.4, -0.2) is 48.4 Å². The molecule has 0 bridgehead atoms. The van der Waals surface area contributed by atoms with Crippen LogP contribution in [0.5, 0.6) is 11.5 Å². The third-order valence-corrected chi connectivity index (χ3v) is 7.03. The standard InChI is InChI=1S/C25H24N4O5S/c1-14-13-35-25(26-14)27-19(30)9-6-12-28-22-16-10-11-18(33-2)21(34-3)20(16)24(32)29(22)17-8-5-4-7-15(17)23(28)31/h4-5,7-8,10-11,13,22H,6,9,12H2,1-3H3,(H,26,27,30). The van der Waals surface area contributed by atoms with E-state index in [-0.39, 0.29) is 24.1 Å². The predicted molar refractivity (Wildman–Crippen MR) is 131 cm³/mol. The van der Waals surface area contributed by atoms with Gasteiger partial charge in [-0.2, -0.15) is 0 Å². The lowest BCUT2D eigenvalue weighted by atomic mass is 10.0. The molecular weight excluding hydrogens is 468 g/mol. The molecule has 1 aromatic heterocycles. The Kier molecular flexibility index (Phi) is 5.89. The molecule has 0 fully saturated rings. The first kappa shape index (κ1) is 22.9. The van der Waals surface area contributed by atoms with E-state index in [0.29, 0.717) is 52.0 Å². The number of fused-ring (bicyclic) bond motifs is 5. The molecule has 1 N–H and O–H groups in total. The lowest BCUT2D eigenvalue weighted by Crippen LogP contribution is -2.48. The smallest absolute Gasteiger partial charge is 0.264 e. The number of nitrogens with zero attached hydrogens (tertiary/aromatic N) is 3. The van der Waals surface area contributed by atoms with E-state index in [1.165, 1.54) is 25.6 Å². The average Bonchev–Trinajstić information content (AvgIpc) is 3.40. The Morgan fingerprint density at radius 1 is 1.11 bits per heavy atom. The molecule has 180 valence electrons. The summed E-state index contributed by atoms with van der Waals surface area (Å²) in [6.45, 7) is 2.16. The molecule has 3 amide bonds. The molecule has 1 unspecified atom stereocenters. The molecule has 2 aliphatic rings. The van der Waals surface area contributed by atoms with Crippen LogP contribution in [0.25, 0.3) is 0 Å². The molecule has 0 aliphatic carbocycles. The molecule has 35 heavy (non-hydrogen) atoms. The van der Waals surface area contributed by atoms with Gasteiger partial charge in [0, 0.05) is 23.9 Å². The lowest BCUT2D eigenvalue weighted by Gasteiger charge is -2.40. The molecular formula is C25H24N4O5S. The maximum Gasteiger partial charge on any atom is 0.264 e. The summed E-state index contributed by atoms with van der Waals surface area (Å²) in [5.41, 5.74) is 2.89. The molecule has 2 aliphatic heterocycles. The fourth-order valence-corrected chi connectivity index (χ4v) is 5.36. The number of methoxy groups -OCH3 is 2. The van der Waals surface area contributed by atoms with Gasteiger partial charge >= 0.3 is 0 Å². The van der Waals surface area contributed by atoms with E-state index in [1.54, 1.807) is 46.2 Å². The third-order valence-electron chi connectivity index (χ3n) is 6.15. The number of carbonyl (C=O) groups excluding carboxylic acids is 3. The molecule has 3 heterocycles. The van der Waals surface area contributed by atoms with Crippen molar-refractivity contribution < 1.29 is 23.9 Å². The molecule has 0 spiro atoms. The van der Waals surface area contributed by atoms with Gasteiger partial charge in [0.1, 0.15) is 6.17 Å². The van der Waals surface area contributed by atoms with Crippen LogP contribution in [0, 0.1) is 6.92 Å². The molecule has 9 nitrogen and oxygen atoms in total. The number of aromatic nitrogens is 1. The van der Waals surface area contributed by atoms with E-state index < -0.39 is 6.17 Å². The first-order valence-corrected chi connectivity index (χ1v) is 12.0. The summed E-state index contributed by atoms with van der Waals surface area (Å²) < 4.78 is 10.9. The molecule has 2 aromatic carbocycles. The van der Waals surface area contributed by atoms with Crippen molar-refractivity contribution in [2.45, 2.75) is 25.9 Å². The van der Waals surface area contributed by atoms with Gasteiger partial charge in [-0.25, -0.2) is 4.98 Å². The van der Waals surface area contributed by atoms with E-state index in [1.807, 2.05) is 12.3 Å². The van der Waals surface area contributed by atoms with Gasteiger partial charge in [-0.3, -0.25) is 19.3 Å². The maximum atomic E-state index is 13.7. The molecule has 10 heteroatoms. The Labute approximate surface area is 206 Å². The second-order valence-corrected chi connectivity index (χ2v) is 9.13. The van der Waals surface area contributed by atoms with Crippen molar-refractivity contribution in [3.8, 4) is 11.5 Å². The van der Waals surface area contributed by atoms with Gasteiger partial charge in [-0.1, -0.05) is 18.2 Å². The molecule has 1 atom stereocenters. The number of anilines is 2. The van der Waals surface area contributed by atoms with Crippen LogP contribution in [0.1, 0.15) is 51.0 Å². The number of thiazole rings is 1. The van der Waals surface area contributed by atoms with Crippen molar-refractivity contribution >= 4 is 39.9 Å². The number of para-hydroxylation sites is 1. The highest BCUT2D eigenvalue weighted by molar-refractivity contribution is 7.13. The van der Waals surface area contributed by atoms with Crippen LogP contribution in [0.15, 0.2) is 41.8 Å². The normalized spacial score (nSPS) is 16.0. The number of carbonyl (C=O) groups is 3. The highest BCUT2D eigenvalue weighted by atomic mass is 32.1. The van der Waals surface area contributed by atoms with Crippen LogP contribution in [-0.2, 0) is 4.79 Å². The molecule has 0 radical (unpaired) electrons. The number of amides is 3. The fourth-order valence-electron chi connectivity index (χ4n) is 4.65. The maximum absolute atomic E-state index is 13.7. The summed E-state index contributed by atoms with van der Waals surface area (Å²) in [5.74, 6) is 0.165. The third kappa shape index (κ3) is 3.79. The van der Waals surface area contributed by atoms with E-state index >= 15 is 0 Å². The lowest BCUT2D eigenvalue weighted by molar-refractivity contribution is -0.116. The molecule has 0 saturated heterocycles. The van der Waals surface area contributed by atoms with E-state index in [4.69, 9.17) is 9.47 Å². The quantitative estimate of drug-likeness (QED) is 0.535. The summed E-state index contributed by atoms with van der Waals surface area (Å²) >= 11 is 1.37. The number of nitrogens with one attached hydrogen (secondary N) is 1. The van der Waals surface area contributed by atoms with Crippen molar-refractivity contribution in [1.29, 1.82) is 0 Å². The minimum Gasteiger partial charge on any atom is -0.493 e. The number of hydrogen-bond acceptors (Lipinski definition) is 7. The summed E-state index contributed by atoms with van der Waals surface area (Å²) in [6.07, 6.45) is -0.00114. The van der Waals surface area contributed by atoms with Gasteiger partial charge in [0.2, 0.25) is 5.91 Å². The molecule has 3 aromatic rings. The van der Waals surface area contributed by atoms with Gasteiger partial charge in [0.15, 0.2) is 16.6 Å². The van der Waals surface area contributed by atoms with Gasteiger partial charge in [-0.05, 0) is 31.5 Å². The van der Waals surface area contributed by atoms with Crippen LogP contribution < -0.4 is 19.7 Å². The van der Waals surface area contributed by atoms with Gasteiger partial charge in [0.05, 0.1) is 36.7 Å². The Morgan fingerprint density at radius 2 is 1.91 bits per heavy atom. The number of aryl methyl sites for hydroxylation is 1. The minimum atomic E-state index is -0.635. The first-order valence-electron chi connectivity index (χ1n) is 11.1. The second-order valence-electron chi connectivity index (χ2n) is 8.28. The summed E-state index contributed by atoms with van der Waals surface area (Å²) in [7, 11) is 3.00. The molecule has 5 rings (SSSR count). The highest BCUT2D eigenvalue weighted by Crippen LogP contribution is 2.49. The van der Waals surface area contributed by atoms with Crippen molar-refractivity contribution in [2.75, 3.05) is 31.0 Å². The van der Waals surface area contributed by atoms with Gasteiger partial charge < -0.3 is 19.7 Å². The van der Waals surface area contributed by atoms with E-state index in [9.17, 15) is 14.4 Å². The topological polar surface area (TPSA) is 101 Å². The Balaban J connectivity index is 1.45. The van der Waals surface area contributed by atoms with E-state index in [0.717, 1.165) is 5.69 Å². The Bertz CT molecular complexity index is 1340. The van der Waals surface area contributed by atoms with Gasteiger partial charge in [0.25, 0.3) is 11.8 Å². The summed E-state index contributed by atoms with van der Waals surface area (Å²) in [4.78, 5) is 47.2. The molecule has 0 saturated carbocycles. The predicted octanol–water partition coefficient (Wildman–Crippen LogP) is 4.00. The van der Waals surface area contributed by atoms with Crippen molar-refractivity contribution in [2.24, 2.45) is 0 Å². The number of rotatable bonds is 7. The van der Waals surface area contributed by atoms with Crippen LogP contribution >= 0.6 is 11.3 Å². The summed E-state index contributed by atoms with van der Waals surface area (Å²) in [5, 5.41) is 5.21. The number of hydrogen-bond donors (Lipinski definition) is 1. The summed E-state index contributed by atoms with van der Waals surface area (Å²) in [6, 6.07) is 10.6. The Morgan fingerprint density at radius 3 is 2.63 bits per heavy atom. The van der Waals surface area contributed by atoms with Crippen molar-refractivity contribution in [3.63, 3.8) is 0 Å². The Hall–Kier alpha value is -3.92. The van der Waals surface area contributed by atoms with E-state index in [2.05, 4.69) is 10.3 Å².